The van der Waals surface area contributed by atoms with E-state index in [4.69, 9.17) is 0 Å². The van der Waals surface area contributed by atoms with Gasteiger partial charge in [0.1, 0.15) is 0 Å². The molecule has 2 amide bonds. The Morgan fingerprint density at radius 2 is 2.05 bits per heavy atom. The molecule has 5 nitrogen and oxygen atoms in total. The van der Waals surface area contributed by atoms with E-state index in [-0.39, 0.29) is 11.8 Å². The third-order valence-electron chi connectivity index (χ3n) is 2.67. The fraction of sp³-hybridized carbons (Fsp3) is 0.500. The van der Waals surface area contributed by atoms with E-state index in [0.717, 1.165) is 24.8 Å². The number of carbonyl (C=O) groups excluding carboxylic acids is 2. The Morgan fingerprint density at radius 3 is 2.74 bits per heavy atom. The van der Waals surface area contributed by atoms with Crippen molar-refractivity contribution in [2.45, 2.75) is 39.2 Å². The lowest BCUT2D eigenvalue weighted by Crippen LogP contribution is -2.23. The van der Waals surface area contributed by atoms with E-state index in [2.05, 4.69) is 15.6 Å². The summed E-state index contributed by atoms with van der Waals surface area (Å²) in [5.41, 5.74) is 1.00. The predicted octanol–water partition coefficient (Wildman–Crippen LogP) is 1.39. The third-order valence-corrected chi connectivity index (χ3v) is 2.67. The van der Waals surface area contributed by atoms with Crippen LogP contribution in [0.25, 0.3) is 0 Å². The number of nitrogens with one attached hydrogen (secondary N) is 2. The Hall–Kier alpha value is -1.91. The fourth-order valence-electron chi connectivity index (χ4n) is 1.64. The second-order valence-electron chi connectivity index (χ2n) is 4.43. The molecule has 0 atom stereocenters. The number of pyridine rings is 1. The molecule has 104 valence electrons. The smallest absolute Gasteiger partial charge is 0.220 e. The van der Waals surface area contributed by atoms with Gasteiger partial charge in [-0.15, -0.1) is 0 Å². The van der Waals surface area contributed by atoms with E-state index >= 15 is 0 Å². The number of carbonyl (C=O) groups is 2. The van der Waals surface area contributed by atoms with Gasteiger partial charge in [0.2, 0.25) is 11.8 Å². The van der Waals surface area contributed by atoms with Crippen LogP contribution in [0.2, 0.25) is 0 Å². The molecule has 0 aliphatic carbocycles. The Morgan fingerprint density at radius 1 is 1.21 bits per heavy atom. The van der Waals surface area contributed by atoms with E-state index in [9.17, 15) is 9.59 Å². The largest absolute Gasteiger partial charge is 0.356 e. The summed E-state index contributed by atoms with van der Waals surface area (Å²) in [6.07, 6.45) is 6.68. The lowest BCUT2D eigenvalue weighted by Gasteiger charge is -2.05. The highest BCUT2D eigenvalue weighted by Crippen LogP contribution is 2.00. The van der Waals surface area contributed by atoms with Gasteiger partial charge in [-0.1, -0.05) is 12.5 Å². The zero-order valence-corrected chi connectivity index (χ0v) is 11.3. The molecule has 0 saturated carbocycles. The molecule has 1 aromatic rings. The SMILES string of the molecule is CC(=O)NCCCCCC(=O)NCc1cccnc1. The maximum Gasteiger partial charge on any atom is 0.220 e. The Bertz CT molecular complexity index is 393. The Kier molecular flexibility index (Phi) is 7.24. The minimum absolute atomic E-state index is 0.00536. The topological polar surface area (TPSA) is 71.1 Å². The molecule has 0 aliphatic heterocycles. The van der Waals surface area contributed by atoms with E-state index in [1.54, 1.807) is 12.4 Å². The van der Waals surface area contributed by atoms with Crippen molar-refractivity contribution < 1.29 is 9.59 Å². The second-order valence-corrected chi connectivity index (χ2v) is 4.43. The van der Waals surface area contributed by atoms with Gasteiger partial charge in [0.25, 0.3) is 0 Å². The summed E-state index contributed by atoms with van der Waals surface area (Å²) < 4.78 is 0. The summed E-state index contributed by atoms with van der Waals surface area (Å²) >= 11 is 0. The maximum absolute atomic E-state index is 11.6. The average Bonchev–Trinajstić information content (AvgIpc) is 2.41. The number of amides is 2. The molecule has 0 aromatic carbocycles. The van der Waals surface area contributed by atoms with Crippen LogP contribution in [-0.4, -0.2) is 23.3 Å². The monoisotopic (exact) mass is 263 g/mol. The van der Waals surface area contributed by atoms with Gasteiger partial charge in [-0.25, -0.2) is 0 Å². The molecule has 0 saturated heterocycles. The van der Waals surface area contributed by atoms with Crippen molar-refractivity contribution in [1.82, 2.24) is 15.6 Å². The molecule has 2 N–H and O–H groups in total. The van der Waals surface area contributed by atoms with Gasteiger partial charge >= 0.3 is 0 Å². The molecule has 0 aliphatic rings. The van der Waals surface area contributed by atoms with Crippen molar-refractivity contribution in [2.24, 2.45) is 0 Å². The van der Waals surface area contributed by atoms with Gasteiger partial charge in [0.15, 0.2) is 0 Å². The molecule has 1 rings (SSSR count). The van der Waals surface area contributed by atoms with Gasteiger partial charge in [-0.3, -0.25) is 14.6 Å². The number of hydrogen-bond donors (Lipinski definition) is 2. The molecule has 5 heteroatoms. The second kappa shape index (κ2) is 9.08. The molecule has 0 bridgehead atoms. The maximum atomic E-state index is 11.6. The summed E-state index contributed by atoms with van der Waals surface area (Å²) in [4.78, 5) is 26.2. The average molecular weight is 263 g/mol. The molecule has 1 heterocycles. The van der Waals surface area contributed by atoms with E-state index in [1.165, 1.54) is 6.92 Å². The van der Waals surface area contributed by atoms with Gasteiger partial charge in [0.05, 0.1) is 0 Å². The van der Waals surface area contributed by atoms with E-state index in [0.29, 0.717) is 19.5 Å². The van der Waals surface area contributed by atoms with Crippen molar-refractivity contribution >= 4 is 11.8 Å². The summed E-state index contributed by atoms with van der Waals surface area (Å²) in [5, 5.41) is 5.59. The third kappa shape index (κ3) is 7.91. The van der Waals surface area contributed by atoms with Crippen LogP contribution in [0.4, 0.5) is 0 Å². The quantitative estimate of drug-likeness (QED) is 0.696. The van der Waals surface area contributed by atoms with Crippen molar-refractivity contribution in [3.05, 3.63) is 30.1 Å². The Balaban J connectivity index is 2.01. The van der Waals surface area contributed by atoms with Crippen LogP contribution >= 0.6 is 0 Å². The molecule has 0 spiro atoms. The minimum atomic E-state index is -0.00536. The van der Waals surface area contributed by atoms with Crippen LogP contribution in [0, 0.1) is 0 Å². The first-order chi connectivity index (χ1) is 9.18. The van der Waals surface area contributed by atoms with Crippen molar-refractivity contribution in [2.75, 3.05) is 6.54 Å². The first-order valence-corrected chi connectivity index (χ1v) is 6.58. The molecule has 0 fully saturated rings. The van der Waals surface area contributed by atoms with E-state index < -0.39 is 0 Å². The molecular weight excluding hydrogens is 242 g/mol. The van der Waals surface area contributed by atoms with Crippen molar-refractivity contribution in [3.8, 4) is 0 Å². The van der Waals surface area contributed by atoms with Gasteiger partial charge in [-0.05, 0) is 24.5 Å². The summed E-state index contributed by atoms with van der Waals surface area (Å²) in [6.45, 7) is 2.72. The Labute approximate surface area is 113 Å². The van der Waals surface area contributed by atoms with Gasteiger partial charge in [-0.2, -0.15) is 0 Å². The number of hydrogen-bond acceptors (Lipinski definition) is 3. The lowest BCUT2D eigenvalue weighted by atomic mass is 10.2. The zero-order chi connectivity index (χ0) is 13.9. The van der Waals surface area contributed by atoms with Gasteiger partial charge in [0, 0.05) is 38.8 Å². The molecule has 19 heavy (non-hydrogen) atoms. The first kappa shape index (κ1) is 15.1. The van der Waals surface area contributed by atoms with Crippen molar-refractivity contribution in [3.63, 3.8) is 0 Å². The normalized spacial score (nSPS) is 9.95. The van der Waals surface area contributed by atoms with Crippen LogP contribution in [0.15, 0.2) is 24.5 Å². The number of unbranched alkanes of at least 4 members (excludes halogenated alkanes) is 2. The lowest BCUT2D eigenvalue weighted by molar-refractivity contribution is -0.121. The van der Waals surface area contributed by atoms with Crippen LogP contribution in [0.5, 0.6) is 0 Å². The van der Waals surface area contributed by atoms with Crippen LogP contribution in [0.3, 0.4) is 0 Å². The highest BCUT2D eigenvalue weighted by molar-refractivity contribution is 5.75. The standard InChI is InChI=1S/C14H21N3O2/c1-12(18)16-9-4-2-3-7-14(19)17-11-13-6-5-8-15-10-13/h5-6,8,10H,2-4,7,9,11H2,1H3,(H,16,18)(H,17,19). The number of rotatable bonds is 8. The predicted molar refractivity (Wildman–Crippen MR) is 73.2 cm³/mol. The minimum Gasteiger partial charge on any atom is -0.356 e. The summed E-state index contributed by atoms with van der Waals surface area (Å²) in [6, 6.07) is 3.78. The van der Waals surface area contributed by atoms with Crippen LogP contribution in [-0.2, 0) is 16.1 Å². The summed E-state index contributed by atoms with van der Waals surface area (Å²) in [7, 11) is 0. The molecule has 1 aromatic heterocycles. The highest BCUT2D eigenvalue weighted by Gasteiger charge is 2.01. The highest BCUT2D eigenvalue weighted by atomic mass is 16.2. The van der Waals surface area contributed by atoms with Crippen LogP contribution < -0.4 is 10.6 Å². The first-order valence-electron chi connectivity index (χ1n) is 6.58. The zero-order valence-electron chi connectivity index (χ0n) is 11.3. The van der Waals surface area contributed by atoms with Crippen molar-refractivity contribution in [1.29, 1.82) is 0 Å². The van der Waals surface area contributed by atoms with E-state index in [1.807, 2.05) is 12.1 Å². The van der Waals surface area contributed by atoms with Crippen LogP contribution in [0.1, 0.15) is 38.2 Å². The molecule has 0 radical (unpaired) electrons. The summed E-state index contributed by atoms with van der Waals surface area (Å²) in [5.74, 6) is 0.0533. The van der Waals surface area contributed by atoms with Gasteiger partial charge < -0.3 is 10.6 Å². The number of aromatic nitrogens is 1. The molecule has 0 unspecified atom stereocenters. The number of nitrogens with zero attached hydrogens (tertiary/aromatic N) is 1. The fourth-order valence-corrected chi connectivity index (χ4v) is 1.64. The molecular formula is C14H21N3O2.